The summed E-state index contributed by atoms with van der Waals surface area (Å²) in [5.74, 6) is 1.27. The standard InChI is InChI=1S/C22H23NO4/c1-15-20(26-14-16-5-3-2-4-6-16)8-7-18-19(25)13-21(27-22(15)18)23-11-9-17(24)10-12-23/h2-8,13,17,24H,9-12,14H2,1H3. The SMILES string of the molecule is Cc1c(OCc2ccccc2)ccc2c(=O)cc(N3CCC(O)CC3)oc12. The predicted molar refractivity (Wildman–Crippen MR) is 105 cm³/mol. The average molecular weight is 365 g/mol. The molecule has 0 amide bonds. The fraction of sp³-hybridized carbons (Fsp3) is 0.318. The Bertz CT molecular complexity index is 988. The van der Waals surface area contributed by atoms with Gasteiger partial charge in [-0.15, -0.1) is 0 Å². The number of aliphatic hydroxyl groups is 1. The van der Waals surface area contributed by atoms with Gasteiger partial charge in [0.05, 0.1) is 11.5 Å². The number of ether oxygens (including phenoxy) is 1. The van der Waals surface area contributed by atoms with Crippen molar-refractivity contribution < 1.29 is 14.3 Å². The largest absolute Gasteiger partial charge is 0.488 e. The molecule has 27 heavy (non-hydrogen) atoms. The van der Waals surface area contributed by atoms with Crippen LogP contribution in [-0.2, 0) is 6.61 Å². The van der Waals surface area contributed by atoms with Crippen molar-refractivity contribution in [2.75, 3.05) is 18.0 Å². The number of hydrogen-bond acceptors (Lipinski definition) is 5. The molecule has 1 fully saturated rings. The minimum atomic E-state index is -0.270. The van der Waals surface area contributed by atoms with E-state index in [1.54, 1.807) is 12.1 Å². The van der Waals surface area contributed by atoms with Crippen LogP contribution in [0.1, 0.15) is 24.0 Å². The van der Waals surface area contributed by atoms with Crippen LogP contribution in [0.5, 0.6) is 5.75 Å². The van der Waals surface area contributed by atoms with Crippen LogP contribution in [0.2, 0.25) is 0 Å². The van der Waals surface area contributed by atoms with Crippen LogP contribution in [-0.4, -0.2) is 24.3 Å². The zero-order valence-electron chi connectivity index (χ0n) is 15.4. The van der Waals surface area contributed by atoms with Gasteiger partial charge in [-0.25, -0.2) is 0 Å². The van der Waals surface area contributed by atoms with Crippen molar-refractivity contribution in [2.24, 2.45) is 0 Å². The Labute approximate surface area is 157 Å². The molecule has 2 heterocycles. The van der Waals surface area contributed by atoms with Gasteiger partial charge in [-0.3, -0.25) is 4.79 Å². The molecule has 0 spiro atoms. The van der Waals surface area contributed by atoms with E-state index in [4.69, 9.17) is 9.15 Å². The maximum atomic E-state index is 12.6. The van der Waals surface area contributed by atoms with Gasteiger partial charge >= 0.3 is 0 Å². The Morgan fingerprint density at radius 1 is 1.15 bits per heavy atom. The Kier molecular flexibility index (Phi) is 4.86. The molecule has 0 saturated carbocycles. The van der Waals surface area contributed by atoms with Crippen molar-refractivity contribution in [2.45, 2.75) is 32.5 Å². The summed E-state index contributed by atoms with van der Waals surface area (Å²) in [6, 6.07) is 15.1. The summed E-state index contributed by atoms with van der Waals surface area (Å²) in [7, 11) is 0. The monoisotopic (exact) mass is 365 g/mol. The van der Waals surface area contributed by atoms with E-state index in [1.807, 2.05) is 48.2 Å². The first-order valence-electron chi connectivity index (χ1n) is 9.29. The highest BCUT2D eigenvalue weighted by atomic mass is 16.5. The first-order chi connectivity index (χ1) is 13.1. The van der Waals surface area contributed by atoms with E-state index in [-0.39, 0.29) is 11.5 Å². The van der Waals surface area contributed by atoms with Crippen molar-refractivity contribution in [3.8, 4) is 5.75 Å². The van der Waals surface area contributed by atoms with Crippen molar-refractivity contribution in [1.29, 1.82) is 0 Å². The average Bonchev–Trinajstić information content (AvgIpc) is 2.69. The molecule has 0 atom stereocenters. The normalized spacial score (nSPS) is 15.3. The molecule has 3 aromatic rings. The number of benzene rings is 2. The van der Waals surface area contributed by atoms with Crippen LogP contribution in [0.3, 0.4) is 0 Å². The summed E-state index contributed by atoms with van der Waals surface area (Å²) in [5, 5.41) is 10.3. The summed E-state index contributed by atoms with van der Waals surface area (Å²) in [6.07, 6.45) is 1.09. The van der Waals surface area contributed by atoms with Gasteiger partial charge in [-0.1, -0.05) is 30.3 Å². The molecule has 2 aromatic carbocycles. The first-order valence-corrected chi connectivity index (χ1v) is 9.29. The molecular formula is C22H23NO4. The van der Waals surface area contributed by atoms with Gasteiger partial charge in [-0.05, 0) is 37.5 Å². The zero-order chi connectivity index (χ0) is 18.8. The molecular weight excluding hydrogens is 342 g/mol. The number of fused-ring (bicyclic) bond motifs is 1. The number of rotatable bonds is 4. The van der Waals surface area contributed by atoms with E-state index in [1.165, 1.54) is 0 Å². The number of hydrogen-bond donors (Lipinski definition) is 1. The van der Waals surface area contributed by atoms with Crippen LogP contribution in [0.15, 0.2) is 57.7 Å². The Hall–Kier alpha value is -2.79. The fourth-order valence-corrected chi connectivity index (χ4v) is 3.46. The van der Waals surface area contributed by atoms with Crippen molar-refractivity contribution >= 4 is 16.9 Å². The van der Waals surface area contributed by atoms with E-state index in [0.29, 0.717) is 55.1 Å². The van der Waals surface area contributed by atoms with Gasteiger partial charge in [0.15, 0.2) is 11.3 Å². The molecule has 1 saturated heterocycles. The van der Waals surface area contributed by atoms with Gasteiger partial charge < -0.3 is 19.2 Å². The molecule has 5 heteroatoms. The number of aryl methyl sites for hydroxylation is 1. The minimum absolute atomic E-state index is 0.0601. The van der Waals surface area contributed by atoms with Gasteiger partial charge in [0.25, 0.3) is 0 Å². The summed E-state index contributed by atoms with van der Waals surface area (Å²) < 4.78 is 12.1. The molecule has 1 aliphatic heterocycles. The third-order valence-corrected chi connectivity index (χ3v) is 5.10. The molecule has 0 bridgehead atoms. The van der Waals surface area contributed by atoms with Gasteiger partial charge in [-0.2, -0.15) is 0 Å². The Morgan fingerprint density at radius 2 is 1.89 bits per heavy atom. The highest BCUT2D eigenvalue weighted by Crippen LogP contribution is 2.30. The molecule has 1 aromatic heterocycles. The molecule has 1 aliphatic rings. The lowest BCUT2D eigenvalue weighted by Gasteiger charge is -2.30. The number of piperidine rings is 1. The second-order valence-corrected chi connectivity index (χ2v) is 7.01. The van der Waals surface area contributed by atoms with E-state index in [2.05, 4.69) is 0 Å². The number of anilines is 1. The second-order valence-electron chi connectivity index (χ2n) is 7.01. The maximum absolute atomic E-state index is 12.6. The van der Waals surface area contributed by atoms with Gasteiger partial charge in [0.1, 0.15) is 17.9 Å². The van der Waals surface area contributed by atoms with E-state index in [0.717, 1.165) is 11.1 Å². The maximum Gasteiger partial charge on any atom is 0.200 e. The molecule has 4 rings (SSSR count). The van der Waals surface area contributed by atoms with Crippen molar-refractivity contribution in [3.63, 3.8) is 0 Å². The lowest BCUT2D eigenvalue weighted by atomic mass is 10.1. The summed E-state index contributed by atoms with van der Waals surface area (Å²) in [5.41, 5.74) is 2.41. The zero-order valence-corrected chi connectivity index (χ0v) is 15.4. The van der Waals surface area contributed by atoms with Gasteiger partial charge in [0, 0.05) is 24.7 Å². The second kappa shape index (κ2) is 7.45. The van der Waals surface area contributed by atoms with Crippen LogP contribution in [0.25, 0.3) is 11.0 Å². The topological polar surface area (TPSA) is 62.9 Å². The molecule has 5 nitrogen and oxygen atoms in total. The number of aliphatic hydroxyl groups excluding tert-OH is 1. The highest BCUT2D eigenvalue weighted by molar-refractivity contribution is 5.82. The number of nitrogens with zero attached hydrogens (tertiary/aromatic N) is 1. The van der Waals surface area contributed by atoms with E-state index >= 15 is 0 Å². The Balaban J connectivity index is 1.65. The molecule has 0 radical (unpaired) electrons. The Morgan fingerprint density at radius 3 is 2.63 bits per heavy atom. The summed E-state index contributed by atoms with van der Waals surface area (Å²) in [4.78, 5) is 14.6. The van der Waals surface area contributed by atoms with Gasteiger partial charge in [0.2, 0.25) is 0 Å². The lowest BCUT2D eigenvalue weighted by molar-refractivity contribution is 0.144. The van der Waals surface area contributed by atoms with E-state index in [9.17, 15) is 9.90 Å². The van der Waals surface area contributed by atoms with Crippen LogP contribution < -0.4 is 15.1 Å². The van der Waals surface area contributed by atoms with Crippen molar-refractivity contribution in [1.82, 2.24) is 0 Å². The quantitative estimate of drug-likeness (QED) is 0.765. The summed E-state index contributed by atoms with van der Waals surface area (Å²) >= 11 is 0. The summed E-state index contributed by atoms with van der Waals surface area (Å²) in [6.45, 7) is 3.73. The lowest BCUT2D eigenvalue weighted by Crippen LogP contribution is -2.36. The minimum Gasteiger partial charge on any atom is -0.488 e. The van der Waals surface area contributed by atoms with Crippen LogP contribution >= 0.6 is 0 Å². The fourth-order valence-electron chi connectivity index (χ4n) is 3.46. The smallest absolute Gasteiger partial charge is 0.200 e. The van der Waals surface area contributed by atoms with Crippen molar-refractivity contribution in [3.05, 3.63) is 69.9 Å². The van der Waals surface area contributed by atoms with E-state index < -0.39 is 0 Å². The third kappa shape index (κ3) is 3.69. The highest BCUT2D eigenvalue weighted by Gasteiger charge is 2.20. The molecule has 0 unspecified atom stereocenters. The molecule has 140 valence electrons. The van der Waals surface area contributed by atoms with Crippen LogP contribution in [0, 0.1) is 6.92 Å². The molecule has 0 aliphatic carbocycles. The molecule has 1 N–H and O–H groups in total. The van der Waals surface area contributed by atoms with Crippen LogP contribution in [0.4, 0.5) is 5.88 Å². The predicted octanol–water partition coefficient (Wildman–Crippen LogP) is 3.64. The third-order valence-electron chi connectivity index (χ3n) is 5.10. The first kappa shape index (κ1) is 17.6.